The Morgan fingerprint density at radius 2 is 2.00 bits per heavy atom. The molecule has 0 N–H and O–H groups in total. The van der Waals surface area contributed by atoms with Gasteiger partial charge in [0.1, 0.15) is 12.1 Å². The van der Waals surface area contributed by atoms with Gasteiger partial charge in [0.2, 0.25) is 0 Å². The van der Waals surface area contributed by atoms with E-state index in [0.717, 1.165) is 11.0 Å². The summed E-state index contributed by atoms with van der Waals surface area (Å²) in [5.74, 6) is -1.96. The lowest BCUT2D eigenvalue weighted by Crippen LogP contribution is -2.36. The molecule has 7 nitrogen and oxygen atoms in total. The van der Waals surface area contributed by atoms with Gasteiger partial charge in [0.05, 0.1) is 0 Å². The lowest BCUT2D eigenvalue weighted by molar-refractivity contribution is -0.516. The van der Waals surface area contributed by atoms with Crippen LogP contribution in [-0.2, 0) is 29.2 Å². The molecule has 0 spiro atoms. The number of hydrogen-bond acceptors (Lipinski definition) is 6. The number of hydrogen-bond donors (Lipinski definition) is 0. The molecule has 1 aliphatic rings. The molecule has 0 aliphatic carbocycles. The molecule has 0 saturated heterocycles. The first kappa shape index (κ1) is 15.3. The highest BCUT2D eigenvalue weighted by Gasteiger charge is 2.31. The van der Waals surface area contributed by atoms with Gasteiger partial charge >= 0.3 is 5.97 Å². The third-order valence-corrected chi connectivity index (χ3v) is 2.71. The Balaban J connectivity index is 2.37. The van der Waals surface area contributed by atoms with Crippen LogP contribution < -0.4 is 0 Å². The summed E-state index contributed by atoms with van der Waals surface area (Å²) in [5.41, 5.74) is -0.320. The van der Waals surface area contributed by atoms with Crippen molar-refractivity contribution in [1.29, 1.82) is 0 Å². The summed E-state index contributed by atoms with van der Waals surface area (Å²) in [4.78, 5) is 44.2. The first-order chi connectivity index (χ1) is 8.76. The second-order valence-electron chi connectivity index (χ2n) is 4.78. The van der Waals surface area contributed by atoms with Crippen LogP contribution in [0.1, 0.15) is 34.1 Å². The molecular formula is C12H17NO6. The number of imide groups is 1. The van der Waals surface area contributed by atoms with Gasteiger partial charge in [-0.05, 0) is 32.2 Å². The van der Waals surface area contributed by atoms with E-state index in [9.17, 15) is 14.4 Å². The van der Waals surface area contributed by atoms with Crippen molar-refractivity contribution in [2.45, 2.75) is 39.7 Å². The average Bonchev–Trinajstić information content (AvgIpc) is 2.56. The second kappa shape index (κ2) is 5.94. The molecule has 19 heavy (non-hydrogen) atoms. The van der Waals surface area contributed by atoms with Crippen molar-refractivity contribution in [3.8, 4) is 0 Å². The Labute approximate surface area is 111 Å². The number of amides is 2. The van der Waals surface area contributed by atoms with Crippen molar-refractivity contribution < 1.29 is 29.2 Å². The second-order valence-corrected chi connectivity index (χ2v) is 4.78. The SMILES string of the molecule is CCC(C)(C)OOOC(=O)CN1C(=O)C=C(C)C1=O. The van der Waals surface area contributed by atoms with Crippen molar-refractivity contribution in [2.75, 3.05) is 6.54 Å². The fourth-order valence-corrected chi connectivity index (χ4v) is 1.15. The van der Waals surface area contributed by atoms with E-state index in [1.165, 1.54) is 6.92 Å². The summed E-state index contributed by atoms with van der Waals surface area (Å²) in [5, 5.41) is 4.34. The zero-order valence-electron chi connectivity index (χ0n) is 11.4. The van der Waals surface area contributed by atoms with Gasteiger partial charge in [-0.3, -0.25) is 19.4 Å². The molecule has 0 unspecified atom stereocenters. The Morgan fingerprint density at radius 3 is 2.47 bits per heavy atom. The monoisotopic (exact) mass is 271 g/mol. The van der Waals surface area contributed by atoms with Gasteiger partial charge in [-0.2, -0.15) is 4.89 Å². The van der Waals surface area contributed by atoms with Crippen LogP contribution >= 0.6 is 0 Å². The van der Waals surface area contributed by atoms with Crippen LogP contribution in [0.25, 0.3) is 0 Å². The molecule has 0 atom stereocenters. The van der Waals surface area contributed by atoms with E-state index in [4.69, 9.17) is 4.89 Å². The molecule has 0 saturated carbocycles. The number of carbonyl (C=O) groups excluding carboxylic acids is 3. The van der Waals surface area contributed by atoms with Gasteiger partial charge in [0.15, 0.2) is 0 Å². The summed E-state index contributed by atoms with van der Waals surface area (Å²) in [6.45, 7) is 6.36. The van der Waals surface area contributed by atoms with Crippen LogP contribution in [0, 0.1) is 0 Å². The third-order valence-electron chi connectivity index (χ3n) is 2.71. The van der Waals surface area contributed by atoms with Gasteiger partial charge < -0.3 is 0 Å². The van der Waals surface area contributed by atoms with E-state index in [2.05, 4.69) is 9.93 Å². The molecule has 7 heteroatoms. The molecule has 0 fully saturated rings. The van der Waals surface area contributed by atoms with Crippen LogP contribution in [-0.4, -0.2) is 34.8 Å². The minimum absolute atomic E-state index is 0.280. The minimum Gasteiger partial charge on any atom is -0.269 e. The van der Waals surface area contributed by atoms with Crippen molar-refractivity contribution >= 4 is 17.8 Å². The standard InChI is InChI=1S/C12H17NO6/c1-5-12(3,4)18-19-17-10(15)7-13-9(14)6-8(2)11(13)16/h6H,5,7H2,1-4H3. The maximum absolute atomic E-state index is 11.5. The lowest BCUT2D eigenvalue weighted by Gasteiger charge is -2.19. The van der Waals surface area contributed by atoms with Crippen molar-refractivity contribution in [3.05, 3.63) is 11.6 Å². The quantitative estimate of drug-likeness (QED) is 0.405. The van der Waals surface area contributed by atoms with Crippen LogP contribution in [0.4, 0.5) is 0 Å². The van der Waals surface area contributed by atoms with Crippen LogP contribution in [0.2, 0.25) is 0 Å². The van der Waals surface area contributed by atoms with E-state index < -0.39 is 29.9 Å². The predicted octanol–water partition coefficient (Wildman–Crippen LogP) is 0.896. The van der Waals surface area contributed by atoms with Gasteiger partial charge in [-0.15, -0.1) is 0 Å². The summed E-state index contributed by atoms with van der Waals surface area (Å²) in [6, 6.07) is 0. The zero-order valence-corrected chi connectivity index (χ0v) is 11.4. The molecule has 2 amide bonds. The van der Waals surface area contributed by atoms with Crippen LogP contribution in [0.3, 0.4) is 0 Å². The fraction of sp³-hybridized carbons (Fsp3) is 0.583. The number of nitrogens with zero attached hydrogens (tertiary/aromatic N) is 1. The molecule has 1 heterocycles. The molecular weight excluding hydrogens is 254 g/mol. The number of rotatable bonds is 6. The molecule has 106 valence electrons. The summed E-state index contributed by atoms with van der Waals surface area (Å²) >= 11 is 0. The van der Waals surface area contributed by atoms with E-state index in [1.54, 1.807) is 13.8 Å². The molecule has 1 rings (SSSR count). The molecule has 0 aromatic heterocycles. The van der Waals surface area contributed by atoms with Crippen LogP contribution in [0.15, 0.2) is 11.6 Å². The van der Waals surface area contributed by atoms with Crippen molar-refractivity contribution in [3.63, 3.8) is 0 Å². The summed E-state index contributed by atoms with van der Waals surface area (Å²) in [7, 11) is 0. The normalized spacial score (nSPS) is 15.8. The Bertz CT molecular complexity index is 426. The number of carbonyl (C=O) groups is 3. The van der Waals surface area contributed by atoms with Crippen molar-refractivity contribution in [2.24, 2.45) is 0 Å². The topological polar surface area (TPSA) is 82.1 Å². The summed E-state index contributed by atoms with van der Waals surface area (Å²) < 4.78 is 0. The van der Waals surface area contributed by atoms with E-state index in [-0.39, 0.29) is 5.57 Å². The third kappa shape index (κ3) is 4.15. The van der Waals surface area contributed by atoms with E-state index in [1.807, 2.05) is 6.92 Å². The van der Waals surface area contributed by atoms with Gasteiger partial charge in [-0.1, -0.05) is 6.92 Å². The van der Waals surface area contributed by atoms with E-state index in [0.29, 0.717) is 6.42 Å². The minimum atomic E-state index is -0.892. The first-order valence-electron chi connectivity index (χ1n) is 5.86. The highest BCUT2D eigenvalue weighted by atomic mass is 17.5. The summed E-state index contributed by atoms with van der Waals surface area (Å²) in [6.07, 6.45) is 1.81. The lowest BCUT2D eigenvalue weighted by atomic mass is 10.1. The highest BCUT2D eigenvalue weighted by Crippen LogP contribution is 2.14. The Hall–Kier alpha value is -1.73. The first-order valence-corrected chi connectivity index (χ1v) is 5.86. The van der Waals surface area contributed by atoms with Crippen LogP contribution in [0.5, 0.6) is 0 Å². The molecule has 0 aromatic rings. The molecule has 0 radical (unpaired) electrons. The molecule has 1 aliphatic heterocycles. The Morgan fingerprint density at radius 1 is 1.37 bits per heavy atom. The zero-order chi connectivity index (χ0) is 14.6. The Kier molecular flexibility index (Phi) is 4.79. The fourth-order valence-electron chi connectivity index (χ4n) is 1.15. The molecule has 0 bridgehead atoms. The van der Waals surface area contributed by atoms with Gasteiger partial charge in [-0.25, -0.2) is 4.79 Å². The average molecular weight is 271 g/mol. The predicted molar refractivity (Wildman–Crippen MR) is 63.1 cm³/mol. The van der Waals surface area contributed by atoms with Crippen molar-refractivity contribution in [1.82, 2.24) is 4.90 Å². The highest BCUT2D eigenvalue weighted by molar-refractivity contribution is 6.16. The van der Waals surface area contributed by atoms with Gasteiger partial charge in [0, 0.05) is 11.6 Å². The maximum Gasteiger partial charge on any atom is 0.365 e. The smallest absolute Gasteiger partial charge is 0.269 e. The molecule has 0 aromatic carbocycles. The largest absolute Gasteiger partial charge is 0.365 e. The maximum atomic E-state index is 11.5. The van der Waals surface area contributed by atoms with E-state index >= 15 is 0 Å². The van der Waals surface area contributed by atoms with Gasteiger partial charge in [0.25, 0.3) is 11.8 Å².